The van der Waals surface area contributed by atoms with Crippen LogP contribution in [0.1, 0.15) is 18.1 Å². The van der Waals surface area contributed by atoms with Gasteiger partial charge in [0.05, 0.1) is 41.0 Å². The van der Waals surface area contributed by atoms with Crippen LogP contribution in [-0.2, 0) is 6.54 Å². The summed E-state index contributed by atoms with van der Waals surface area (Å²) in [5.74, 6) is 1.29. The van der Waals surface area contributed by atoms with E-state index in [1.165, 1.54) is 0 Å². The molecule has 4 rings (SSSR count). The Labute approximate surface area is 167 Å². The standard InChI is InChI=1S/C22H19N5O2/c1-2-29-21-11-16(6-7-20(21)28)13-25-22-18-14-26-27(19(18)8-9-24-22)17-5-3-4-15(10-17)12-23/h3-11,14,28H,2,13H2,1H3,(H,24,25). The van der Waals surface area contributed by atoms with Crippen LogP contribution in [0.3, 0.4) is 0 Å². The largest absolute Gasteiger partial charge is 0.504 e. The van der Waals surface area contributed by atoms with Crippen molar-refractivity contribution in [3.8, 4) is 23.3 Å². The first-order valence-corrected chi connectivity index (χ1v) is 9.21. The van der Waals surface area contributed by atoms with Crippen LogP contribution in [0.25, 0.3) is 16.6 Å². The molecule has 7 nitrogen and oxygen atoms in total. The number of benzene rings is 2. The number of phenols is 1. The number of anilines is 1. The highest BCUT2D eigenvalue weighted by atomic mass is 16.5. The molecule has 0 aliphatic heterocycles. The van der Waals surface area contributed by atoms with E-state index in [-0.39, 0.29) is 5.75 Å². The molecule has 0 unspecified atom stereocenters. The van der Waals surface area contributed by atoms with Gasteiger partial charge in [-0.1, -0.05) is 12.1 Å². The Morgan fingerprint density at radius 2 is 2.10 bits per heavy atom. The average Bonchev–Trinajstić information content (AvgIpc) is 3.19. The number of pyridine rings is 1. The molecule has 4 aromatic rings. The van der Waals surface area contributed by atoms with Crippen molar-refractivity contribution in [1.29, 1.82) is 5.26 Å². The Hall–Kier alpha value is -4.05. The SMILES string of the molecule is CCOc1cc(CNc2nccc3c2cnn3-c2cccc(C#N)c2)ccc1O. The van der Waals surface area contributed by atoms with Crippen molar-refractivity contribution >= 4 is 16.7 Å². The van der Waals surface area contributed by atoms with Crippen molar-refractivity contribution in [2.24, 2.45) is 0 Å². The first-order chi connectivity index (χ1) is 14.2. The lowest BCUT2D eigenvalue weighted by Crippen LogP contribution is -2.03. The minimum absolute atomic E-state index is 0.122. The molecule has 0 atom stereocenters. The van der Waals surface area contributed by atoms with Gasteiger partial charge in [-0.25, -0.2) is 9.67 Å². The number of rotatable bonds is 6. The summed E-state index contributed by atoms with van der Waals surface area (Å²) < 4.78 is 7.23. The summed E-state index contributed by atoms with van der Waals surface area (Å²) in [6.45, 7) is 2.87. The molecule has 0 amide bonds. The molecule has 0 spiro atoms. The quantitative estimate of drug-likeness (QED) is 0.521. The molecule has 0 radical (unpaired) electrons. The van der Waals surface area contributed by atoms with Gasteiger partial charge in [-0.2, -0.15) is 10.4 Å². The fourth-order valence-electron chi connectivity index (χ4n) is 3.13. The van der Waals surface area contributed by atoms with Gasteiger partial charge in [0.25, 0.3) is 0 Å². The minimum atomic E-state index is 0.122. The van der Waals surface area contributed by atoms with E-state index in [2.05, 4.69) is 21.5 Å². The van der Waals surface area contributed by atoms with E-state index in [9.17, 15) is 5.11 Å². The molecule has 7 heteroatoms. The van der Waals surface area contributed by atoms with E-state index in [1.807, 2.05) is 37.3 Å². The molecule has 2 aromatic heterocycles. The molecule has 0 aliphatic carbocycles. The fraction of sp³-hybridized carbons (Fsp3) is 0.136. The predicted molar refractivity (Wildman–Crippen MR) is 110 cm³/mol. The Kier molecular flexibility index (Phi) is 4.99. The van der Waals surface area contributed by atoms with Crippen molar-refractivity contribution in [3.05, 3.63) is 72.1 Å². The van der Waals surface area contributed by atoms with Crippen LogP contribution in [0.4, 0.5) is 5.82 Å². The van der Waals surface area contributed by atoms with Crippen molar-refractivity contribution in [2.45, 2.75) is 13.5 Å². The minimum Gasteiger partial charge on any atom is -0.504 e. The predicted octanol–water partition coefficient (Wildman–Crippen LogP) is 4.01. The summed E-state index contributed by atoms with van der Waals surface area (Å²) in [6.07, 6.45) is 3.48. The summed E-state index contributed by atoms with van der Waals surface area (Å²) >= 11 is 0. The molecular weight excluding hydrogens is 366 g/mol. The molecule has 2 aromatic carbocycles. The zero-order valence-electron chi connectivity index (χ0n) is 15.8. The van der Waals surface area contributed by atoms with Crippen LogP contribution in [0, 0.1) is 11.3 Å². The number of nitrogens with one attached hydrogen (secondary N) is 1. The van der Waals surface area contributed by atoms with E-state index in [0.29, 0.717) is 30.3 Å². The first kappa shape index (κ1) is 18.3. The lowest BCUT2D eigenvalue weighted by molar-refractivity contribution is 0.318. The molecule has 0 fully saturated rings. The highest BCUT2D eigenvalue weighted by Crippen LogP contribution is 2.28. The maximum atomic E-state index is 9.85. The maximum Gasteiger partial charge on any atom is 0.161 e. The van der Waals surface area contributed by atoms with Gasteiger partial charge < -0.3 is 15.2 Å². The van der Waals surface area contributed by atoms with Gasteiger partial charge in [0, 0.05) is 12.7 Å². The second-order valence-corrected chi connectivity index (χ2v) is 6.40. The lowest BCUT2D eigenvalue weighted by Gasteiger charge is -2.10. The molecule has 2 N–H and O–H groups in total. The summed E-state index contributed by atoms with van der Waals surface area (Å²) in [4.78, 5) is 4.44. The fourth-order valence-corrected chi connectivity index (χ4v) is 3.13. The Morgan fingerprint density at radius 1 is 1.21 bits per heavy atom. The topological polar surface area (TPSA) is 96.0 Å². The molecular formula is C22H19N5O2. The van der Waals surface area contributed by atoms with E-state index >= 15 is 0 Å². The number of hydrogen-bond donors (Lipinski definition) is 2. The van der Waals surface area contributed by atoms with Gasteiger partial charge in [0.2, 0.25) is 0 Å². The summed E-state index contributed by atoms with van der Waals surface area (Å²) in [6, 6.07) is 16.6. The molecule has 2 heterocycles. The van der Waals surface area contributed by atoms with Crippen molar-refractivity contribution in [1.82, 2.24) is 14.8 Å². The van der Waals surface area contributed by atoms with Gasteiger partial charge in [-0.15, -0.1) is 0 Å². The van der Waals surface area contributed by atoms with Gasteiger partial charge in [0.1, 0.15) is 5.82 Å². The first-order valence-electron chi connectivity index (χ1n) is 9.21. The smallest absolute Gasteiger partial charge is 0.161 e. The second-order valence-electron chi connectivity index (χ2n) is 6.40. The van der Waals surface area contributed by atoms with E-state index in [1.54, 1.807) is 35.3 Å². The third kappa shape index (κ3) is 3.69. The van der Waals surface area contributed by atoms with E-state index < -0.39 is 0 Å². The van der Waals surface area contributed by atoms with Gasteiger partial charge in [-0.3, -0.25) is 0 Å². The highest BCUT2D eigenvalue weighted by molar-refractivity contribution is 5.90. The second kappa shape index (κ2) is 7.90. The summed E-state index contributed by atoms with van der Waals surface area (Å²) in [5.41, 5.74) is 3.24. The summed E-state index contributed by atoms with van der Waals surface area (Å²) in [7, 11) is 0. The molecule has 0 saturated heterocycles. The number of nitriles is 1. The number of aromatic nitrogens is 3. The normalized spacial score (nSPS) is 10.6. The molecule has 0 saturated carbocycles. The monoisotopic (exact) mass is 385 g/mol. The summed E-state index contributed by atoms with van der Waals surface area (Å²) in [5, 5.41) is 27.7. The van der Waals surface area contributed by atoms with Crippen LogP contribution in [0.15, 0.2) is 60.9 Å². The van der Waals surface area contributed by atoms with Gasteiger partial charge in [0.15, 0.2) is 11.5 Å². The van der Waals surface area contributed by atoms with Crippen LogP contribution in [0.2, 0.25) is 0 Å². The van der Waals surface area contributed by atoms with E-state index in [0.717, 1.165) is 22.2 Å². The van der Waals surface area contributed by atoms with Crippen LogP contribution in [-0.4, -0.2) is 26.5 Å². The number of nitrogens with zero attached hydrogens (tertiary/aromatic N) is 4. The Balaban J connectivity index is 1.62. The van der Waals surface area contributed by atoms with Crippen molar-refractivity contribution in [2.75, 3.05) is 11.9 Å². The van der Waals surface area contributed by atoms with Crippen LogP contribution >= 0.6 is 0 Å². The van der Waals surface area contributed by atoms with Crippen molar-refractivity contribution in [3.63, 3.8) is 0 Å². The van der Waals surface area contributed by atoms with E-state index in [4.69, 9.17) is 10.00 Å². The lowest BCUT2D eigenvalue weighted by atomic mass is 10.2. The Morgan fingerprint density at radius 3 is 2.93 bits per heavy atom. The average molecular weight is 385 g/mol. The van der Waals surface area contributed by atoms with Gasteiger partial charge >= 0.3 is 0 Å². The maximum absolute atomic E-state index is 9.85. The number of fused-ring (bicyclic) bond motifs is 1. The number of aromatic hydroxyl groups is 1. The third-order valence-corrected chi connectivity index (χ3v) is 4.50. The molecule has 0 bridgehead atoms. The highest BCUT2D eigenvalue weighted by Gasteiger charge is 2.11. The van der Waals surface area contributed by atoms with Gasteiger partial charge in [-0.05, 0) is 48.9 Å². The zero-order chi connectivity index (χ0) is 20.2. The molecule has 144 valence electrons. The van der Waals surface area contributed by atoms with Crippen molar-refractivity contribution < 1.29 is 9.84 Å². The van der Waals surface area contributed by atoms with Crippen LogP contribution < -0.4 is 10.1 Å². The molecule has 29 heavy (non-hydrogen) atoms. The number of hydrogen-bond acceptors (Lipinski definition) is 6. The van der Waals surface area contributed by atoms with Crippen LogP contribution in [0.5, 0.6) is 11.5 Å². The number of ether oxygens (including phenoxy) is 1. The molecule has 0 aliphatic rings. The number of phenolic OH excluding ortho intramolecular Hbond substituents is 1. The third-order valence-electron chi connectivity index (χ3n) is 4.50. The Bertz CT molecular complexity index is 1210. The zero-order valence-corrected chi connectivity index (χ0v) is 15.8.